The van der Waals surface area contributed by atoms with Crippen molar-refractivity contribution in [2.24, 2.45) is 5.92 Å². The molecular formula is C18H28N4O5. The molecule has 1 aliphatic heterocycles. The van der Waals surface area contributed by atoms with Crippen molar-refractivity contribution in [3.05, 3.63) is 11.5 Å². The second-order valence-corrected chi connectivity index (χ2v) is 7.31. The fourth-order valence-corrected chi connectivity index (χ4v) is 3.33. The summed E-state index contributed by atoms with van der Waals surface area (Å²) in [6.07, 6.45) is 3.62. The quantitative estimate of drug-likeness (QED) is 0.564. The maximum atomic E-state index is 12.3. The molecule has 3 amide bonds. The lowest BCUT2D eigenvalue weighted by atomic mass is 9.97. The molecule has 1 saturated heterocycles. The Balaban J connectivity index is 1.43. The number of rotatable bonds is 7. The first-order chi connectivity index (χ1) is 13.0. The molecule has 1 aliphatic carbocycles. The fourth-order valence-electron chi connectivity index (χ4n) is 3.33. The summed E-state index contributed by atoms with van der Waals surface area (Å²) in [6.45, 7) is 3.87. The highest BCUT2D eigenvalue weighted by molar-refractivity contribution is 5.90. The number of carbonyl (C=O) groups excluding carboxylic acids is 2. The molecule has 0 aromatic carbocycles. The Morgan fingerprint density at radius 2 is 2.00 bits per heavy atom. The molecule has 1 saturated carbocycles. The molecule has 2 heterocycles. The van der Waals surface area contributed by atoms with Gasteiger partial charge in [-0.15, -0.1) is 0 Å². The van der Waals surface area contributed by atoms with E-state index in [1.165, 1.54) is 0 Å². The smallest absolute Gasteiger partial charge is 0.319 e. The molecule has 1 aromatic heterocycles. The maximum absolute atomic E-state index is 12.3. The Morgan fingerprint density at radius 1 is 1.22 bits per heavy atom. The van der Waals surface area contributed by atoms with E-state index < -0.39 is 6.10 Å². The maximum Gasteiger partial charge on any atom is 0.319 e. The first kappa shape index (κ1) is 19.6. The van der Waals surface area contributed by atoms with Gasteiger partial charge in [0.15, 0.2) is 5.76 Å². The number of aliphatic hydroxyl groups excluding tert-OH is 1. The van der Waals surface area contributed by atoms with Crippen LogP contribution in [0.25, 0.3) is 0 Å². The van der Waals surface area contributed by atoms with Crippen LogP contribution in [0.2, 0.25) is 0 Å². The minimum Gasteiger partial charge on any atom is -0.394 e. The number of ether oxygens (including phenoxy) is 1. The predicted octanol–water partition coefficient (Wildman–Crippen LogP) is 1.24. The normalized spacial score (nSPS) is 25.1. The second-order valence-electron chi connectivity index (χ2n) is 7.31. The topological polar surface area (TPSA) is 126 Å². The highest BCUT2D eigenvalue weighted by atomic mass is 16.5. The first-order valence-corrected chi connectivity index (χ1v) is 9.52. The van der Waals surface area contributed by atoms with Crippen LogP contribution in [0.1, 0.15) is 43.6 Å². The van der Waals surface area contributed by atoms with Crippen LogP contribution in [0.4, 0.5) is 10.5 Å². The minimum absolute atomic E-state index is 0.0367. The van der Waals surface area contributed by atoms with Crippen molar-refractivity contribution < 1.29 is 24.0 Å². The van der Waals surface area contributed by atoms with Crippen LogP contribution in [0.15, 0.2) is 4.52 Å². The van der Waals surface area contributed by atoms with Crippen LogP contribution in [0, 0.1) is 19.8 Å². The third-order valence-corrected chi connectivity index (χ3v) is 5.10. The zero-order chi connectivity index (χ0) is 19.4. The number of hydrogen-bond acceptors (Lipinski definition) is 6. The van der Waals surface area contributed by atoms with Gasteiger partial charge >= 0.3 is 6.03 Å². The second kappa shape index (κ2) is 8.71. The van der Waals surface area contributed by atoms with Gasteiger partial charge in [0.05, 0.1) is 18.8 Å². The summed E-state index contributed by atoms with van der Waals surface area (Å²) in [5.41, 5.74) is 1.16. The van der Waals surface area contributed by atoms with Crippen LogP contribution in [0.3, 0.4) is 0 Å². The van der Waals surface area contributed by atoms with Crippen LogP contribution >= 0.6 is 0 Å². The van der Waals surface area contributed by atoms with E-state index in [0.29, 0.717) is 36.5 Å². The van der Waals surface area contributed by atoms with E-state index in [0.717, 1.165) is 19.3 Å². The summed E-state index contributed by atoms with van der Waals surface area (Å²) < 4.78 is 10.9. The molecule has 0 bridgehead atoms. The molecule has 2 fully saturated rings. The highest BCUT2D eigenvalue weighted by Crippen LogP contribution is 2.29. The van der Waals surface area contributed by atoms with E-state index in [4.69, 9.17) is 9.26 Å². The first-order valence-electron chi connectivity index (χ1n) is 9.52. The average molecular weight is 380 g/mol. The van der Waals surface area contributed by atoms with Gasteiger partial charge in [0.1, 0.15) is 17.5 Å². The highest BCUT2D eigenvalue weighted by Gasteiger charge is 2.33. The van der Waals surface area contributed by atoms with Gasteiger partial charge in [0.2, 0.25) is 5.91 Å². The van der Waals surface area contributed by atoms with E-state index >= 15 is 0 Å². The van der Waals surface area contributed by atoms with Gasteiger partial charge in [-0.1, -0.05) is 5.16 Å². The fraction of sp³-hybridized carbons (Fsp3) is 0.722. The van der Waals surface area contributed by atoms with Gasteiger partial charge in [0.25, 0.3) is 0 Å². The molecule has 1 aromatic rings. The van der Waals surface area contributed by atoms with Crippen LogP contribution in [0.5, 0.6) is 0 Å². The average Bonchev–Trinajstić information content (AvgIpc) is 3.45. The number of aryl methyl sites for hydroxylation is 2. The molecule has 4 N–H and O–H groups in total. The van der Waals surface area contributed by atoms with Gasteiger partial charge in [-0.3, -0.25) is 4.79 Å². The predicted molar refractivity (Wildman–Crippen MR) is 97.3 cm³/mol. The molecule has 0 radical (unpaired) electrons. The Morgan fingerprint density at radius 3 is 2.63 bits per heavy atom. The summed E-state index contributed by atoms with van der Waals surface area (Å²) in [5.74, 6) is 0.863. The molecule has 3 rings (SSSR count). The number of hydrogen-bond donors (Lipinski definition) is 4. The van der Waals surface area contributed by atoms with Crippen molar-refractivity contribution in [2.75, 3.05) is 18.5 Å². The molecule has 3 atom stereocenters. The van der Waals surface area contributed by atoms with Crippen LogP contribution < -0.4 is 16.0 Å². The summed E-state index contributed by atoms with van der Waals surface area (Å²) in [7, 11) is 0. The number of amides is 3. The lowest BCUT2D eigenvalue weighted by Crippen LogP contribution is -2.52. The molecular weight excluding hydrogens is 352 g/mol. The van der Waals surface area contributed by atoms with Crippen molar-refractivity contribution in [3.63, 3.8) is 0 Å². The van der Waals surface area contributed by atoms with E-state index in [1.807, 2.05) is 0 Å². The monoisotopic (exact) mass is 380 g/mol. The van der Waals surface area contributed by atoms with Crippen LogP contribution in [-0.4, -0.2) is 53.6 Å². The van der Waals surface area contributed by atoms with Crippen molar-refractivity contribution in [1.29, 1.82) is 0 Å². The summed E-state index contributed by atoms with van der Waals surface area (Å²) in [5, 5.41) is 22.0. The number of nitrogens with one attached hydrogen (secondary N) is 3. The molecule has 150 valence electrons. The molecule has 2 aliphatic rings. The van der Waals surface area contributed by atoms with E-state index in [1.54, 1.807) is 13.8 Å². The molecule has 0 spiro atoms. The Kier molecular flexibility index (Phi) is 6.33. The number of anilines is 1. The van der Waals surface area contributed by atoms with E-state index in [9.17, 15) is 14.7 Å². The number of carbonyl (C=O) groups is 2. The number of aromatic nitrogens is 1. The zero-order valence-corrected chi connectivity index (χ0v) is 15.8. The van der Waals surface area contributed by atoms with Gasteiger partial charge in [-0.05, 0) is 46.0 Å². The van der Waals surface area contributed by atoms with Gasteiger partial charge < -0.3 is 30.3 Å². The molecule has 9 heteroatoms. The number of urea groups is 1. The lowest BCUT2D eigenvalue weighted by molar-refractivity contribution is -0.122. The number of nitrogens with zero attached hydrogens (tertiary/aromatic N) is 1. The van der Waals surface area contributed by atoms with Crippen molar-refractivity contribution >= 4 is 17.6 Å². The lowest BCUT2D eigenvalue weighted by Gasteiger charge is -2.36. The van der Waals surface area contributed by atoms with Gasteiger partial charge in [0, 0.05) is 12.5 Å². The summed E-state index contributed by atoms with van der Waals surface area (Å²) in [4.78, 5) is 23.9. The van der Waals surface area contributed by atoms with Gasteiger partial charge in [-0.25, -0.2) is 4.79 Å². The van der Waals surface area contributed by atoms with Crippen LogP contribution in [-0.2, 0) is 9.53 Å². The van der Waals surface area contributed by atoms with Crippen molar-refractivity contribution in [2.45, 2.75) is 64.2 Å². The van der Waals surface area contributed by atoms with E-state index in [2.05, 4.69) is 21.1 Å². The Hall–Kier alpha value is -2.13. The summed E-state index contributed by atoms with van der Waals surface area (Å²) >= 11 is 0. The molecule has 9 nitrogen and oxygen atoms in total. The Bertz CT molecular complexity index is 653. The third-order valence-electron chi connectivity index (χ3n) is 5.10. The molecule has 0 unspecified atom stereocenters. The molecule has 27 heavy (non-hydrogen) atoms. The SMILES string of the molecule is Cc1noc(C)c1NC(=O)N[C@@H]1CC[C@@H](CCNC(=O)C2CC2)O[C@@H]1CO. The van der Waals surface area contributed by atoms with Gasteiger partial charge in [-0.2, -0.15) is 0 Å². The summed E-state index contributed by atoms with van der Waals surface area (Å²) in [6, 6.07) is -0.667. The van der Waals surface area contributed by atoms with E-state index in [-0.39, 0.29) is 36.6 Å². The van der Waals surface area contributed by atoms with Crippen molar-refractivity contribution in [3.8, 4) is 0 Å². The minimum atomic E-state index is -0.474. The number of aliphatic hydroxyl groups is 1. The third kappa shape index (κ3) is 5.20. The standard InChI is InChI=1S/C18H28N4O5/c1-10-16(11(2)27-22-10)21-18(25)20-14-6-5-13(26-15(14)9-23)7-8-19-17(24)12-3-4-12/h12-15,23H,3-9H2,1-2H3,(H,19,24)(H2,20,21,25)/t13-,14+,15+/m0/s1. The zero-order valence-electron chi connectivity index (χ0n) is 15.8. The Labute approximate surface area is 158 Å². The van der Waals surface area contributed by atoms with Crippen molar-refractivity contribution in [1.82, 2.24) is 15.8 Å². The largest absolute Gasteiger partial charge is 0.394 e.